The highest BCUT2D eigenvalue weighted by molar-refractivity contribution is 5.49. The summed E-state index contributed by atoms with van der Waals surface area (Å²) in [4.78, 5) is 0. The Labute approximate surface area is 188 Å². The predicted octanol–water partition coefficient (Wildman–Crippen LogP) is 6.54. The van der Waals surface area contributed by atoms with Gasteiger partial charge in [0.15, 0.2) is 0 Å². The summed E-state index contributed by atoms with van der Waals surface area (Å²) in [5.74, 6) is -0.705. The van der Waals surface area contributed by atoms with Crippen molar-refractivity contribution in [1.29, 1.82) is 10.5 Å². The quantitative estimate of drug-likeness (QED) is 0.421. The lowest BCUT2D eigenvalue weighted by Crippen LogP contribution is -2.08. The van der Waals surface area contributed by atoms with Gasteiger partial charge < -0.3 is 14.6 Å². The van der Waals surface area contributed by atoms with Crippen LogP contribution in [0.25, 0.3) is 0 Å². The van der Waals surface area contributed by atoms with E-state index in [0.29, 0.717) is 12.1 Å². The van der Waals surface area contributed by atoms with Gasteiger partial charge in [0.1, 0.15) is 23.0 Å². The maximum atomic E-state index is 13.2. The number of rotatable bonds is 5. The number of halogens is 6. The van der Waals surface area contributed by atoms with E-state index in [-0.39, 0.29) is 28.6 Å². The van der Waals surface area contributed by atoms with Crippen molar-refractivity contribution in [2.75, 3.05) is 0 Å². The predicted molar refractivity (Wildman–Crippen MR) is 105 cm³/mol. The molecule has 0 spiro atoms. The monoisotopic (exact) mass is 478 g/mol. The number of alkyl halides is 6. The van der Waals surface area contributed by atoms with E-state index in [1.165, 1.54) is 30.3 Å². The molecular weight excluding hydrogens is 466 g/mol. The van der Waals surface area contributed by atoms with E-state index in [0.717, 1.165) is 24.3 Å². The van der Waals surface area contributed by atoms with E-state index in [2.05, 4.69) is 0 Å². The highest BCUT2D eigenvalue weighted by Gasteiger charge is 2.35. The number of nitriles is 2. The molecule has 1 N–H and O–H groups in total. The molecule has 0 bridgehead atoms. The summed E-state index contributed by atoms with van der Waals surface area (Å²) in [7, 11) is 0. The van der Waals surface area contributed by atoms with Crippen LogP contribution in [0, 0.1) is 22.7 Å². The second-order valence-corrected chi connectivity index (χ2v) is 6.81. The van der Waals surface area contributed by atoms with Crippen molar-refractivity contribution in [3.8, 4) is 35.1 Å². The molecule has 0 heterocycles. The fourth-order valence-electron chi connectivity index (χ4n) is 2.95. The normalized spacial score (nSPS) is 11.4. The maximum Gasteiger partial charge on any atom is 0.417 e. The Kier molecular flexibility index (Phi) is 6.70. The van der Waals surface area contributed by atoms with Crippen LogP contribution in [0.1, 0.15) is 27.8 Å². The van der Waals surface area contributed by atoms with Gasteiger partial charge in [-0.3, -0.25) is 0 Å². The Balaban J connectivity index is 1.95. The van der Waals surface area contributed by atoms with E-state index >= 15 is 0 Å². The molecule has 0 fully saturated rings. The van der Waals surface area contributed by atoms with Gasteiger partial charge in [0.05, 0.1) is 41.0 Å². The first kappa shape index (κ1) is 24.4. The van der Waals surface area contributed by atoms with Crippen molar-refractivity contribution >= 4 is 0 Å². The lowest BCUT2D eigenvalue weighted by molar-refractivity contribution is -0.138. The van der Waals surface area contributed by atoms with Crippen LogP contribution in [0.15, 0.2) is 54.6 Å². The summed E-state index contributed by atoms with van der Waals surface area (Å²) in [6.45, 7) is -0.532. The smallest absolute Gasteiger partial charge is 0.417 e. The first-order chi connectivity index (χ1) is 15.9. The molecule has 0 aliphatic heterocycles. The minimum atomic E-state index is -4.81. The molecule has 34 heavy (non-hydrogen) atoms. The molecule has 174 valence electrons. The largest absolute Gasteiger partial charge is 0.457 e. The number of aliphatic hydroxyl groups is 1. The summed E-state index contributed by atoms with van der Waals surface area (Å²) in [6, 6.07) is 12.0. The van der Waals surface area contributed by atoms with Crippen LogP contribution in [-0.2, 0) is 19.0 Å². The molecule has 5 nitrogen and oxygen atoms in total. The standard InChI is InChI=1S/C23H12F6N2O3/c24-22(25,26)20-8-16(3-1-14(20)10-30)33-18-5-13(12-32)6-19(7-18)34-17-4-2-15(11-31)21(9-17)23(27,28)29/h1-9,32H,12H2. The fourth-order valence-corrected chi connectivity index (χ4v) is 2.95. The third-order valence-corrected chi connectivity index (χ3v) is 4.43. The Hall–Kier alpha value is -4.22. The SMILES string of the molecule is N#Cc1ccc(Oc2cc(CO)cc(Oc3ccc(C#N)c(C(F)(F)F)c3)c2)cc1C(F)(F)F. The molecule has 0 saturated carbocycles. The topological polar surface area (TPSA) is 86.3 Å². The molecule has 0 radical (unpaired) electrons. The molecule has 0 saturated heterocycles. The number of benzene rings is 3. The van der Waals surface area contributed by atoms with Gasteiger partial charge in [-0.25, -0.2) is 0 Å². The van der Waals surface area contributed by atoms with E-state index in [4.69, 9.17) is 20.0 Å². The van der Waals surface area contributed by atoms with Crippen LogP contribution in [0.4, 0.5) is 26.3 Å². The van der Waals surface area contributed by atoms with Crippen LogP contribution >= 0.6 is 0 Å². The van der Waals surface area contributed by atoms with E-state index in [1.54, 1.807) is 0 Å². The molecule has 3 aromatic carbocycles. The molecule has 3 rings (SSSR count). The van der Waals surface area contributed by atoms with E-state index in [1.807, 2.05) is 0 Å². The molecule has 3 aromatic rings. The van der Waals surface area contributed by atoms with Gasteiger partial charge in [-0.1, -0.05) is 0 Å². The van der Waals surface area contributed by atoms with Crippen LogP contribution in [0.3, 0.4) is 0 Å². The molecule has 0 amide bonds. The van der Waals surface area contributed by atoms with Gasteiger partial charge >= 0.3 is 12.4 Å². The van der Waals surface area contributed by atoms with E-state index in [9.17, 15) is 31.4 Å². The zero-order chi connectivity index (χ0) is 25.1. The molecule has 0 atom stereocenters. The second kappa shape index (κ2) is 9.33. The third-order valence-electron chi connectivity index (χ3n) is 4.43. The summed E-state index contributed by atoms with van der Waals surface area (Å²) in [5, 5.41) is 27.2. The Morgan fingerprint density at radius 2 is 1.06 bits per heavy atom. The van der Waals surface area contributed by atoms with Crippen LogP contribution in [0.2, 0.25) is 0 Å². The number of hydrogen-bond acceptors (Lipinski definition) is 5. The number of ether oxygens (including phenoxy) is 2. The first-order valence-electron chi connectivity index (χ1n) is 9.28. The van der Waals surface area contributed by atoms with Gasteiger partial charge in [0, 0.05) is 6.07 Å². The summed E-state index contributed by atoms with van der Waals surface area (Å²) < 4.78 is 90.0. The average Bonchev–Trinajstić information content (AvgIpc) is 2.77. The molecule has 0 unspecified atom stereocenters. The van der Waals surface area contributed by atoms with Crippen molar-refractivity contribution in [1.82, 2.24) is 0 Å². The third kappa shape index (κ3) is 5.57. The van der Waals surface area contributed by atoms with Crippen LogP contribution in [0.5, 0.6) is 23.0 Å². The van der Waals surface area contributed by atoms with Crippen molar-refractivity contribution in [2.45, 2.75) is 19.0 Å². The van der Waals surface area contributed by atoms with Crippen LogP contribution < -0.4 is 9.47 Å². The molecule has 0 aliphatic carbocycles. The Bertz CT molecular complexity index is 1210. The van der Waals surface area contributed by atoms with Crippen molar-refractivity contribution in [3.05, 3.63) is 82.4 Å². The van der Waals surface area contributed by atoms with Gasteiger partial charge in [-0.2, -0.15) is 36.9 Å². The zero-order valence-electron chi connectivity index (χ0n) is 16.8. The van der Waals surface area contributed by atoms with Gasteiger partial charge in [0.2, 0.25) is 0 Å². The molecule has 11 heteroatoms. The van der Waals surface area contributed by atoms with Crippen LogP contribution in [-0.4, -0.2) is 5.11 Å². The second-order valence-electron chi connectivity index (χ2n) is 6.81. The van der Waals surface area contributed by atoms with Crippen molar-refractivity contribution in [3.63, 3.8) is 0 Å². The highest BCUT2D eigenvalue weighted by Crippen LogP contribution is 2.38. The van der Waals surface area contributed by atoms with Crippen molar-refractivity contribution < 1.29 is 40.9 Å². The van der Waals surface area contributed by atoms with E-state index < -0.39 is 41.2 Å². The van der Waals surface area contributed by atoms with Gasteiger partial charge in [-0.15, -0.1) is 0 Å². The van der Waals surface area contributed by atoms with Crippen molar-refractivity contribution in [2.24, 2.45) is 0 Å². The maximum absolute atomic E-state index is 13.2. The molecular formula is C23H12F6N2O3. The van der Waals surface area contributed by atoms with Gasteiger partial charge in [0.25, 0.3) is 0 Å². The summed E-state index contributed by atoms with van der Waals surface area (Å²) >= 11 is 0. The lowest BCUT2D eigenvalue weighted by atomic mass is 10.1. The highest BCUT2D eigenvalue weighted by atomic mass is 19.4. The zero-order valence-corrected chi connectivity index (χ0v) is 16.8. The summed E-state index contributed by atoms with van der Waals surface area (Å²) in [6.07, 6.45) is -9.62. The average molecular weight is 478 g/mol. The minimum absolute atomic E-state index is 0.0796. The summed E-state index contributed by atoms with van der Waals surface area (Å²) in [5.41, 5.74) is -3.43. The molecule has 0 aliphatic rings. The number of aliphatic hydroxyl groups excluding tert-OH is 1. The number of nitrogens with zero attached hydrogens (tertiary/aromatic N) is 2. The molecule has 0 aromatic heterocycles. The fraction of sp³-hybridized carbons (Fsp3) is 0.130. The lowest BCUT2D eigenvalue weighted by Gasteiger charge is -2.14. The Morgan fingerprint density at radius 1 is 0.647 bits per heavy atom. The first-order valence-corrected chi connectivity index (χ1v) is 9.28. The Morgan fingerprint density at radius 3 is 1.38 bits per heavy atom. The number of hydrogen-bond donors (Lipinski definition) is 1. The minimum Gasteiger partial charge on any atom is -0.457 e. The van der Waals surface area contributed by atoms with Gasteiger partial charge in [-0.05, 0) is 54.1 Å².